The van der Waals surface area contributed by atoms with E-state index in [2.05, 4.69) is 10.2 Å². The lowest BCUT2D eigenvalue weighted by Crippen LogP contribution is -2.24. The van der Waals surface area contributed by atoms with Gasteiger partial charge in [0, 0.05) is 30.8 Å². The number of nitrogens with two attached hydrogens (primary N) is 1. The molecule has 2 aromatic rings. The third-order valence-corrected chi connectivity index (χ3v) is 2.81. The van der Waals surface area contributed by atoms with Gasteiger partial charge in [-0.3, -0.25) is 0 Å². The largest absolute Gasteiger partial charge is 0.393 e. The molecule has 1 aromatic heterocycles. The molecule has 0 spiro atoms. The van der Waals surface area contributed by atoms with Crippen molar-refractivity contribution in [3.8, 4) is 0 Å². The third kappa shape index (κ3) is 2.68. The summed E-state index contributed by atoms with van der Waals surface area (Å²) in [6.07, 6.45) is 2.44. The standard InChI is InChI=1S/C12H14N4S/c1-16(7-6-11(13)17)12-10-5-3-2-4-9(10)8-14-15-12/h2-5,8H,6-7H2,1H3,(H2,13,17). The van der Waals surface area contributed by atoms with Gasteiger partial charge in [-0.2, -0.15) is 5.10 Å². The van der Waals surface area contributed by atoms with Crippen LogP contribution in [-0.2, 0) is 0 Å². The van der Waals surface area contributed by atoms with Gasteiger partial charge in [0.1, 0.15) is 0 Å². The Bertz CT molecular complexity index is 536. The summed E-state index contributed by atoms with van der Waals surface area (Å²) in [5.74, 6) is 0.861. The molecular formula is C12H14N4S. The van der Waals surface area contributed by atoms with E-state index in [1.807, 2.05) is 36.2 Å². The van der Waals surface area contributed by atoms with E-state index in [0.29, 0.717) is 11.4 Å². The molecule has 0 aliphatic carbocycles. The van der Waals surface area contributed by atoms with Crippen LogP contribution < -0.4 is 10.6 Å². The molecule has 0 saturated heterocycles. The molecule has 0 radical (unpaired) electrons. The Morgan fingerprint density at radius 1 is 1.41 bits per heavy atom. The van der Waals surface area contributed by atoms with Crippen LogP contribution >= 0.6 is 12.2 Å². The fourth-order valence-electron chi connectivity index (χ4n) is 1.68. The Labute approximate surface area is 105 Å². The van der Waals surface area contributed by atoms with Gasteiger partial charge in [0.05, 0.1) is 11.2 Å². The number of benzene rings is 1. The van der Waals surface area contributed by atoms with E-state index in [-0.39, 0.29) is 0 Å². The first-order chi connectivity index (χ1) is 8.18. The Kier molecular flexibility index (Phi) is 3.49. The minimum Gasteiger partial charge on any atom is -0.393 e. The lowest BCUT2D eigenvalue weighted by Gasteiger charge is -2.18. The summed E-state index contributed by atoms with van der Waals surface area (Å²) < 4.78 is 0. The fourth-order valence-corrected chi connectivity index (χ4v) is 1.77. The number of rotatable bonds is 4. The van der Waals surface area contributed by atoms with Gasteiger partial charge < -0.3 is 10.6 Å². The maximum absolute atomic E-state index is 5.50. The lowest BCUT2D eigenvalue weighted by molar-refractivity contribution is 0.878. The van der Waals surface area contributed by atoms with E-state index in [4.69, 9.17) is 18.0 Å². The minimum atomic E-state index is 0.519. The van der Waals surface area contributed by atoms with Crippen molar-refractivity contribution in [3.05, 3.63) is 30.5 Å². The summed E-state index contributed by atoms with van der Waals surface area (Å²) in [6.45, 7) is 0.748. The van der Waals surface area contributed by atoms with Crippen LogP contribution in [0, 0.1) is 0 Å². The first-order valence-electron chi connectivity index (χ1n) is 5.38. The van der Waals surface area contributed by atoms with E-state index >= 15 is 0 Å². The quantitative estimate of drug-likeness (QED) is 0.833. The Balaban J connectivity index is 2.31. The lowest BCUT2D eigenvalue weighted by atomic mass is 10.2. The Morgan fingerprint density at radius 3 is 2.94 bits per heavy atom. The van der Waals surface area contributed by atoms with Gasteiger partial charge in [-0.05, 0) is 0 Å². The summed E-state index contributed by atoms with van der Waals surface area (Å²) in [6, 6.07) is 8.04. The van der Waals surface area contributed by atoms with E-state index < -0.39 is 0 Å². The highest BCUT2D eigenvalue weighted by Crippen LogP contribution is 2.21. The van der Waals surface area contributed by atoms with Gasteiger partial charge in [0.2, 0.25) is 0 Å². The summed E-state index contributed by atoms with van der Waals surface area (Å²) in [5, 5.41) is 10.4. The molecule has 0 aliphatic heterocycles. The van der Waals surface area contributed by atoms with Crippen LogP contribution in [0.2, 0.25) is 0 Å². The van der Waals surface area contributed by atoms with E-state index in [1.165, 1.54) is 0 Å². The fraction of sp³-hybridized carbons (Fsp3) is 0.250. The smallest absolute Gasteiger partial charge is 0.158 e. The van der Waals surface area contributed by atoms with Gasteiger partial charge in [0.15, 0.2) is 5.82 Å². The zero-order valence-corrected chi connectivity index (χ0v) is 10.4. The highest BCUT2D eigenvalue weighted by Gasteiger charge is 2.08. The molecule has 5 heteroatoms. The molecular weight excluding hydrogens is 232 g/mol. The monoisotopic (exact) mass is 246 g/mol. The van der Waals surface area contributed by atoms with Crippen molar-refractivity contribution in [2.45, 2.75) is 6.42 Å². The van der Waals surface area contributed by atoms with Crippen molar-refractivity contribution < 1.29 is 0 Å². The van der Waals surface area contributed by atoms with Crippen LogP contribution in [0.15, 0.2) is 30.5 Å². The molecule has 17 heavy (non-hydrogen) atoms. The number of fused-ring (bicyclic) bond motifs is 1. The summed E-state index contributed by atoms with van der Waals surface area (Å²) >= 11 is 4.87. The van der Waals surface area contributed by atoms with Gasteiger partial charge in [0.25, 0.3) is 0 Å². The number of hydrogen-bond acceptors (Lipinski definition) is 4. The van der Waals surface area contributed by atoms with Crippen molar-refractivity contribution in [1.29, 1.82) is 0 Å². The van der Waals surface area contributed by atoms with Gasteiger partial charge >= 0.3 is 0 Å². The molecule has 4 nitrogen and oxygen atoms in total. The van der Waals surface area contributed by atoms with Crippen molar-refractivity contribution in [1.82, 2.24) is 10.2 Å². The third-order valence-electron chi connectivity index (χ3n) is 2.61. The van der Waals surface area contributed by atoms with Crippen LogP contribution in [0.5, 0.6) is 0 Å². The number of anilines is 1. The molecule has 0 atom stereocenters. The molecule has 2 N–H and O–H groups in total. The van der Waals surface area contributed by atoms with E-state index in [0.717, 1.165) is 23.1 Å². The summed E-state index contributed by atoms with van der Waals surface area (Å²) in [4.78, 5) is 2.54. The first-order valence-corrected chi connectivity index (χ1v) is 5.79. The highest BCUT2D eigenvalue weighted by atomic mass is 32.1. The zero-order valence-electron chi connectivity index (χ0n) is 9.63. The predicted molar refractivity (Wildman–Crippen MR) is 74.2 cm³/mol. The molecule has 0 aliphatic rings. The molecule has 0 fully saturated rings. The minimum absolute atomic E-state index is 0.519. The van der Waals surface area contributed by atoms with Gasteiger partial charge in [-0.1, -0.05) is 36.5 Å². The normalized spacial score (nSPS) is 10.4. The molecule has 1 heterocycles. The maximum Gasteiger partial charge on any atom is 0.158 e. The second-order valence-electron chi connectivity index (χ2n) is 3.89. The van der Waals surface area contributed by atoms with Crippen molar-refractivity contribution in [2.75, 3.05) is 18.5 Å². The first kappa shape index (κ1) is 11.7. The predicted octanol–water partition coefficient (Wildman–Crippen LogP) is 1.74. The average molecular weight is 246 g/mol. The van der Waals surface area contributed by atoms with Crippen LogP contribution in [0.3, 0.4) is 0 Å². The molecule has 0 saturated carbocycles. The van der Waals surface area contributed by atoms with Crippen LogP contribution in [-0.4, -0.2) is 28.8 Å². The SMILES string of the molecule is CN(CCC(N)=S)c1nncc2ccccc12. The van der Waals surface area contributed by atoms with E-state index in [1.54, 1.807) is 6.20 Å². The van der Waals surface area contributed by atoms with Crippen LogP contribution in [0.1, 0.15) is 6.42 Å². The van der Waals surface area contributed by atoms with Crippen molar-refractivity contribution in [3.63, 3.8) is 0 Å². The number of thiocarbonyl (C=S) groups is 1. The maximum atomic E-state index is 5.50. The Morgan fingerprint density at radius 2 is 2.18 bits per heavy atom. The van der Waals surface area contributed by atoms with Crippen molar-refractivity contribution >= 4 is 33.8 Å². The van der Waals surface area contributed by atoms with Crippen LogP contribution in [0.4, 0.5) is 5.82 Å². The second kappa shape index (κ2) is 5.05. The summed E-state index contributed by atoms with van der Waals surface area (Å²) in [7, 11) is 1.97. The van der Waals surface area contributed by atoms with Gasteiger partial charge in [-0.15, -0.1) is 5.10 Å². The molecule has 2 rings (SSSR count). The van der Waals surface area contributed by atoms with Gasteiger partial charge in [-0.25, -0.2) is 0 Å². The number of aromatic nitrogens is 2. The number of hydrogen-bond donors (Lipinski definition) is 1. The zero-order chi connectivity index (χ0) is 12.3. The molecule has 1 aromatic carbocycles. The molecule has 88 valence electrons. The number of nitrogens with zero attached hydrogens (tertiary/aromatic N) is 3. The molecule has 0 bridgehead atoms. The Hall–Kier alpha value is -1.75. The second-order valence-corrected chi connectivity index (χ2v) is 4.42. The molecule has 0 unspecified atom stereocenters. The highest BCUT2D eigenvalue weighted by molar-refractivity contribution is 7.80. The summed E-state index contributed by atoms with van der Waals surface area (Å²) in [5.41, 5.74) is 5.50. The van der Waals surface area contributed by atoms with Crippen LogP contribution in [0.25, 0.3) is 10.8 Å². The van der Waals surface area contributed by atoms with Crippen molar-refractivity contribution in [2.24, 2.45) is 5.73 Å². The average Bonchev–Trinajstić information content (AvgIpc) is 2.35. The van der Waals surface area contributed by atoms with E-state index in [9.17, 15) is 0 Å². The topological polar surface area (TPSA) is 55.0 Å². The molecule has 0 amide bonds.